The zero-order valence-corrected chi connectivity index (χ0v) is 21.0. The summed E-state index contributed by atoms with van der Waals surface area (Å²) < 4.78 is 0. The molecule has 0 saturated heterocycles. The topological polar surface area (TPSA) is 146 Å². The van der Waals surface area contributed by atoms with E-state index in [1.54, 1.807) is 9.97 Å². The molecular weight excluding hydrogens is 462 g/mol. The van der Waals surface area contributed by atoms with E-state index < -0.39 is 34.4 Å². The Labute approximate surface area is 205 Å². The Balaban J connectivity index is 0. The summed E-state index contributed by atoms with van der Waals surface area (Å²) in [4.78, 5) is 44.9. The molecule has 0 spiro atoms. The Morgan fingerprint density at radius 1 is 0.812 bits per heavy atom. The summed E-state index contributed by atoms with van der Waals surface area (Å²) in [6.07, 6.45) is 0. The monoisotopic (exact) mass is 464 g/mol. The molecule has 16 heavy (non-hydrogen) atoms. The Hall–Kier alpha value is 1.72. The van der Waals surface area contributed by atoms with Gasteiger partial charge in [-0.1, -0.05) is 0 Å². The molecule has 1 rings (SSSR count). The maximum Gasteiger partial charge on any atom is 1.00 e. The first-order chi connectivity index (χ1) is 6.43. The molecule has 0 aliphatic heterocycles. The van der Waals surface area contributed by atoms with Crippen molar-refractivity contribution in [1.82, 2.24) is 9.97 Å². The number of rotatable bonds is 2. The van der Waals surface area contributed by atoms with Crippen molar-refractivity contribution >= 4 is 11.9 Å². The third-order valence-electron chi connectivity index (χ3n) is 1.34. The standard InChI is InChI=1S/C6H4N2O6.2Cs/c9-3-4(10)8-2(6(13)14)1(7-3)5(11)12;;/h(H,7,9)(H,8,10)(H,11,12)(H,13,14);;/q;2*+1/p-2. The first-order valence-electron chi connectivity index (χ1n) is 3.22. The normalized spacial score (nSPS) is 8.50. The van der Waals surface area contributed by atoms with Crippen LogP contribution in [0.3, 0.4) is 0 Å². The maximum absolute atomic E-state index is 10.6. The molecule has 1 heterocycles. The molecule has 1 aromatic heterocycles. The Morgan fingerprint density at radius 3 is 1.25 bits per heavy atom. The van der Waals surface area contributed by atoms with Gasteiger partial charge in [0.15, 0.2) is 0 Å². The van der Waals surface area contributed by atoms with Crippen LogP contribution in [0.1, 0.15) is 21.0 Å². The summed E-state index contributed by atoms with van der Waals surface area (Å²) in [5.74, 6) is -3.87. The number of nitrogens with one attached hydrogen (secondary N) is 2. The number of aromatic nitrogens is 2. The minimum atomic E-state index is -1.93. The molecule has 0 aromatic carbocycles. The second-order valence-corrected chi connectivity index (χ2v) is 2.23. The van der Waals surface area contributed by atoms with E-state index in [2.05, 4.69) is 0 Å². The van der Waals surface area contributed by atoms with Crippen LogP contribution in [0.25, 0.3) is 0 Å². The average molecular weight is 464 g/mol. The summed E-state index contributed by atoms with van der Waals surface area (Å²) in [7, 11) is 0. The molecule has 74 valence electrons. The van der Waals surface area contributed by atoms with Crippen LogP contribution in [0.5, 0.6) is 0 Å². The number of carboxylic acids is 2. The summed E-state index contributed by atoms with van der Waals surface area (Å²) >= 11 is 0. The molecule has 0 atom stereocenters. The van der Waals surface area contributed by atoms with Gasteiger partial charge in [0.25, 0.3) is 0 Å². The fourth-order valence-corrected chi connectivity index (χ4v) is 0.772. The quantitative estimate of drug-likeness (QED) is 0.416. The summed E-state index contributed by atoms with van der Waals surface area (Å²) in [6.45, 7) is 0. The average Bonchev–Trinajstić information content (AvgIpc) is 2.08. The van der Waals surface area contributed by atoms with Gasteiger partial charge < -0.3 is 29.8 Å². The number of aromatic carboxylic acids is 2. The van der Waals surface area contributed by atoms with Crippen molar-refractivity contribution in [1.29, 1.82) is 0 Å². The second kappa shape index (κ2) is 8.76. The molecule has 8 nitrogen and oxygen atoms in total. The van der Waals surface area contributed by atoms with Crippen molar-refractivity contribution in [3.05, 3.63) is 32.1 Å². The number of hydrogen-bond acceptors (Lipinski definition) is 6. The van der Waals surface area contributed by atoms with Gasteiger partial charge in [-0.15, -0.1) is 0 Å². The van der Waals surface area contributed by atoms with Crippen molar-refractivity contribution in [2.45, 2.75) is 0 Å². The van der Waals surface area contributed by atoms with Gasteiger partial charge in [0.05, 0.1) is 23.3 Å². The van der Waals surface area contributed by atoms with Gasteiger partial charge in [-0.05, 0) is 0 Å². The van der Waals surface area contributed by atoms with Crippen LogP contribution in [0.4, 0.5) is 0 Å². The Morgan fingerprint density at radius 2 is 1.06 bits per heavy atom. The number of carbonyl (C=O) groups is 2. The fourth-order valence-electron chi connectivity index (χ4n) is 0.772. The molecular formula is C6H2Cs2N2O6. The molecule has 2 N–H and O–H groups in total. The SMILES string of the molecule is O=C([O-])c1[nH]c(=O)c(=O)[nH]c1C(=O)[O-].[Cs+].[Cs+]. The van der Waals surface area contributed by atoms with E-state index >= 15 is 0 Å². The van der Waals surface area contributed by atoms with Gasteiger partial charge in [0.2, 0.25) is 0 Å². The zero-order chi connectivity index (χ0) is 10.9. The molecule has 0 bridgehead atoms. The second-order valence-electron chi connectivity index (χ2n) is 2.23. The van der Waals surface area contributed by atoms with Crippen LogP contribution in [0.2, 0.25) is 0 Å². The van der Waals surface area contributed by atoms with Crippen LogP contribution >= 0.6 is 0 Å². The van der Waals surface area contributed by atoms with Crippen molar-refractivity contribution < 1.29 is 158 Å². The van der Waals surface area contributed by atoms with Crippen LogP contribution in [-0.4, -0.2) is 21.9 Å². The minimum absolute atomic E-state index is 0. The maximum atomic E-state index is 10.6. The molecule has 0 unspecified atom stereocenters. The first kappa shape index (κ1) is 20.0. The predicted molar refractivity (Wildman–Crippen MR) is 36.3 cm³/mol. The number of carbonyl (C=O) groups excluding carboxylic acids is 2. The van der Waals surface area contributed by atoms with Crippen LogP contribution < -0.4 is 159 Å². The molecule has 0 saturated carbocycles. The molecule has 10 heteroatoms. The molecule has 0 amide bonds. The Bertz CT molecular complexity index is 471. The van der Waals surface area contributed by atoms with E-state index in [9.17, 15) is 29.4 Å². The van der Waals surface area contributed by atoms with Crippen LogP contribution in [-0.2, 0) is 0 Å². The summed E-state index contributed by atoms with van der Waals surface area (Å²) in [5.41, 5.74) is -4.63. The van der Waals surface area contributed by atoms with E-state index in [0.29, 0.717) is 0 Å². The van der Waals surface area contributed by atoms with Gasteiger partial charge in [-0.2, -0.15) is 0 Å². The summed E-state index contributed by atoms with van der Waals surface area (Å²) in [5, 5.41) is 20.6. The van der Waals surface area contributed by atoms with Gasteiger partial charge in [-0.25, -0.2) is 0 Å². The Kier molecular flexibility index (Phi) is 11.0. The van der Waals surface area contributed by atoms with E-state index in [1.807, 2.05) is 0 Å². The van der Waals surface area contributed by atoms with Crippen molar-refractivity contribution in [2.75, 3.05) is 0 Å². The van der Waals surface area contributed by atoms with E-state index in [0.717, 1.165) is 0 Å². The van der Waals surface area contributed by atoms with E-state index in [1.165, 1.54) is 0 Å². The van der Waals surface area contributed by atoms with Crippen molar-refractivity contribution in [2.24, 2.45) is 0 Å². The van der Waals surface area contributed by atoms with Crippen LogP contribution in [0, 0.1) is 0 Å². The molecule has 0 aliphatic rings. The van der Waals surface area contributed by atoms with Gasteiger partial charge in [0.1, 0.15) is 0 Å². The van der Waals surface area contributed by atoms with Gasteiger partial charge in [0, 0.05) is 0 Å². The number of hydrogen-bond donors (Lipinski definition) is 2. The largest absolute Gasteiger partial charge is 1.00 e. The minimum Gasteiger partial charge on any atom is -0.543 e. The van der Waals surface area contributed by atoms with Crippen molar-refractivity contribution in [3.8, 4) is 0 Å². The number of carboxylic acid groups (broad SMARTS) is 2. The van der Waals surface area contributed by atoms with E-state index in [4.69, 9.17) is 0 Å². The predicted octanol–water partition coefficient (Wildman–Crippen LogP) is -10.2. The molecule has 0 fully saturated rings. The molecule has 0 aliphatic carbocycles. The van der Waals surface area contributed by atoms with Gasteiger partial charge in [-0.3, -0.25) is 9.59 Å². The number of H-pyrrole nitrogens is 2. The third kappa shape index (κ3) is 5.15. The third-order valence-corrected chi connectivity index (χ3v) is 1.34. The van der Waals surface area contributed by atoms with Crippen molar-refractivity contribution in [3.63, 3.8) is 0 Å². The fraction of sp³-hybridized carbons (Fsp3) is 0. The zero-order valence-electron chi connectivity index (χ0n) is 8.45. The summed E-state index contributed by atoms with van der Waals surface area (Å²) in [6, 6.07) is 0. The first-order valence-corrected chi connectivity index (χ1v) is 3.22. The smallest absolute Gasteiger partial charge is 0.543 e. The van der Waals surface area contributed by atoms with Gasteiger partial charge >= 0.3 is 149 Å². The van der Waals surface area contributed by atoms with E-state index in [-0.39, 0.29) is 138 Å². The number of aromatic amines is 2. The van der Waals surface area contributed by atoms with Crippen LogP contribution in [0.15, 0.2) is 9.59 Å². The molecule has 1 aromatic rings. The molecule has 0 radical (unpaired) electrons.